The lowest BCUT2D eigenvalue weighted by Crippen LogP contribution is -2.30. The number of anilines is 1. The molecule has 0 fully saturated rings. The normalized spacial score (nSPS) is 14.4. The number of benzene rings is 4. The Morgan fingerprint density at radius 3 is 2.32 bits per heavy atom. The number of pyridine rings is 1. The number of carbonyl (C=O) groups excluding carboxylic acids is 2. The molecule has 0 saturated carbocycles. The molecule has 44 heavy (non-hydrogen) atoms. The van der Waals surface area contributed by atoms with E-state index in [4.69, 9.17) is 9.57 Å². The van der Waals surface area contributed by atoms with Crippen LogP contribution in [0.15, 0.2) is 108 Å². The van der Waals surface area contributed by atoms with E-state index in [1.54, 1.807) is 18.2 Å². The van der Waals surface area contributed by atoms with Crippen LogP contribution in [0, 0.1) is 0 Å². The molecule has 0 spiro atoms. The molecule has 1 aromatic heterocycles. The maximum atomic E-state index is 13.9. The van der Waals surface area contributed by atoms with Crippen LogP contribution in [0.1, 0.15) is 33.1 Å². The summed E-state index contributed by atoms with van der Waals surface area (Å²) in [7, 11) is 1.16. The van der Waals surface area contributed by atoms with Gasteiger partial charge < -0.3 is 9.57 Å². The van der Waals surface area contributed by atoms with Crippen molar-refractivity contribution in [2.45, 2.75) is 18.6 Å². The second-order valence-electron chi connectivity index (χ2n) is 10.3. The first-order valence-electron chi connectivity index (χ1n) is 13.7. The van der Waals surface area contributed by atoms with Gasteiger partial charge in [0.25, 0.3) is 5.56 Å². The van der Waals surface area contributed by atoms with Crippen LogP contribution in [0.4, 0.5) is 19.0 Å². The summed E-state index contributed by atoms with van der Waals surface area (Å²) in [4.78, 5) is 45.5. The number of methoxy groups -OCH3 is 1. The number of alkyl halides is 3. The molecule has 0 saturated heterocycles. The lowest BCUT2D eigenvalue weighted by Gasteiger charge is -2.23. The van der Waals surface area contributed by atoms with Crippen molar-refractivity contribution in [2.75, 3.05) is 18.7 Å². The average Bonchev–Trinajstić information content (AvgIpc) is 3.40. The zero-order chi connectivity index (χ0) is 31.0. The third kappa shape index (κ3) is 5.30. The summed E-state index contributed by atoms with van der Waals surface area (Å²) in [5.74, 6) is -1.57. The predicted molar refractivity (Wildman–Crippen MR) is 158 cm³/mol. The molecule has 222 valence electrons. The number of fused-ring (bicyclic) bond motifs is 2. The zero-order valence-corrected chi connectivity index (χ0v) is 23.4. The van der Waals surface area contributed by atoms with Gasteiger partial charge in [0.15, 0.2) is 11.9 Å². The average molecular weight is 599 g/mol. The maximum absolute atomic E-state index is 13.9. The lowest BCUT2D eigenvalue weighted by atomic mass is 9.92. The van der Waals surface area contributed by atoms with Gasteiger partial charge in [0, 0.05) is 11.6 Å². The minimum atomic E-state index is -4.64. The summed E-state index contributed by atoms with van der Waals surface area (Å²) in [6.45, 7) is -0.288. The van der Waals surface area contributed by atoms with Crippen molar-refractivity contribution in [1.82, 2.24) is 4.57 Å². The fourth-order valence-electron chi connectivity index (χ4n) is 5.61. The molecular formula is C34H25F3N2O5. The first-order valence-corrected chi connectivity index (χ1v) is 13.7. The lowest BCUT2D eigenvalue weighted by molar-refractivity contribution is -0.144. The number of nitrogens with zero attached hydrogens (tertiary/aromatic N) is 2. The highest BCUT2D eigenvalue weighted by Gasteiger charge is 2.41. The van der Waals surface area contributed by atoms with Crippen molar-refractivity contribution >= 4 is 28.5 Å². The first kappa shape index (κ1) is 28.7. The van der Waals surface area contributed by atoms with E-state index in [9.17, 15) is 27.6 Å². The van der Waals surface area contributed by atoms with Gasteiger partial charge in [0.2, 0.25) is 0 Å². The SMILES string of the molecule is COC(=O)C1CN(OC(=O)c2ccccc2)c2c(-c3cccc(C(F)(F)F)c3)c(Cc3cccc4ccccc34)cc(=O)n21. The Morgan fingerprint density at radius 2 is 1.57 bits per heavy atom. The Hall–Kier alpha value is -5.38. The quantitative estimate of drug-likeness (QED) is 0.206. The van der Waals surface area contributed by atoms with Crippen LogP contribution in [0.25, 0.3) is 21.9 Å². The summed E-state index contributed by atoms with van der Waals surface area (Å²) in [5.41, 5.74) is 0.279. The number of carbonyl (C=O) groups is 2. The molecule has 0 radical (unpaired) electrons. The minimum absolute atomic E-state index is 0.0215. The second kappa shape index (κ2) is 11.4. The molecule has 7 nitrogen and oxygen atoms in total. The molecule has 5 aromatic rings. The maximum Gasteiger partial charge on any atom is 0.416 e. The number of rotatable bonds is 6. The topological polar surface area (TPSA) is 77.8 Å². The monoisotopic (exact) mass is 598 g/mol. The van der Waals surface area contributed by atoms with Crippen molar-refractivity contribution in [3.63, 3.8) is 0 Å². The van der Waals surface area contributed by atoms with Crippen LogP contribution in [-0.2, 0) is 27.0 Å². The van der Waals surface area contributed by atoms with Gasteiger partial charge in [-0.2, -0.15) is 18.2 Å². The van der Waals surface area contributed by atoms with Crippen molar-refractivity contribution in [2.24, 2.45) is 0 Å². The summed E-state index contributed by atoms with van der Waals surface area (Å²) in [6.07, 6.45) is -4.48. The second-order valence-corrected chi connectivity index (χ2v) is 10.3. The van der Waals surface area contributed by atoms with Crippen LogP contribution >= 0.6 is 0 Å². The van der Waals surface area contributed by atoms with E-state index in [0.29, 0.717) is 5.56 Å². The van der Waals surface area contributed by atoms with Gasteiger partial charge >= 0.3 is 18.1 Å². The van der Waals surface area contributed by atoms with Gasteiger partial charge in [-0.25, -0.2) is 9.59 Å². The summed E-state index contributed by atoms with van der Waals surface area (Å²) >= 11 is 0. The predicted octanol–water partition coefficient (Wildman–Crippen LogP) is 6.58. The Kier molecular flexibility index (Phi) is 7.42. The van der Waals surface area contributed by atoms with Crippen LogP contribution < -0.4 is 10.6 Å². The van der Waals surface area contributed by atoms with E-state index in [2.05, 4.69) is 0 Å². The first-order chi connectivity index (χ1) is 21.2. The number of aromatic nitrogens is 1. The summed E-state index contributed by atoms with van der Waals surface area (Å²) in [6, 6.07) is 26.2. The molecule has 0 aliphatic carbocycles. The molecule has 0 amide bonds. The van der Waals surface area contributed by atoms with E-state index in [0.717, 1.165) is 45.2 Å². The van der Waals surface area contributed by atoms with Crippen LogP contribution in [-0.4, -0.2) is 30.2 Å². The van der Waals surface area contributed by atoms with Gasteiger partial charge in [-0.1, -0.05) is 72.8 Å². The molecule has 1 aliphatic heterocycles. The standard InChI is InChI=1S/C34H25F3N2O5/c1-43-33(42)28-20-38(44-32(41)22-10-3-2-4-11-22)31-30(24-14-8-15-26(18-24)34(35,36)37)25(19-29(40)39(28)31)17-23-13-7-12-21-9-5-6-16-27(21)23/h2-16,18-19,28H,17,20H2,1H3. The number of hydroxylamine groups is 1. The zero-order valence-electron chi connectivity index (χ0n) is 23.4. The van der Waals surface area contributed by atoms with E-state index in [-0.39, 0.29) is 35.5 Å². The highest BCUT2D eigenvalue weighted by Crippen LogP contribution is 2.42. The molecule has 4 aromatic carbocycles. The van der Waals surface area contributed by atoms with Crippen LogP contribution in [0.3, 0.4) is 0 Å². The van der Waals surface area contributed by atoms with Crippen molar-refractivity contribution in [3.8, 4) is 11.1 Å². The number of esters is 1. The number of hydrogen-bond acceptors (Lipinski definition) is 6. The van der Waals surface area contributed by atoms with Gasteiger partial charge in [0.05, 0.1) is 24.8 Å². The van der Waals surface area contributed by atoms with Gasteiger partial charge in [0.1, 0.15) is 0 Å². The van der Waals surface area contributed by atoms with Gasteiger partial charge in [-0.15, -0.1) is 0 Å². The minimum Gasteiger partial charge on any atom is -0.467 e. The molecule has 0 N–H and O–H groups in total. The van der Waals surface area contributed by atoms with Gasteiger partial charge in [-0.05, 0) is 58.1 Å². The molecule has 0 bridgehead atoms. The van der Waals surface area contributed by atoms with Gasteiger partial charge in [-0.3, -0.25) is 9.36 Å². The summed E-state index contributed by atoms with van der Waals surface area (Å²) < 4.78 is 47.8. The number of hydrogen-bond donors (Lipinski definition) is 0. The number of halogens is 3. The molecule has 1 aliphatic rings. The smallest absolute Gasteiger partial charge is 0.416 e. The van der Waals surface area contributed by atoms with E-state index in [1.165, 1.54) is 30.3 Å². The Bertz CT molecular complexity index is 1950. The highest BCUT2D eigenvalue weighted by molar-refractivity contribution is 5.92. The largest absolute Gasteiger partial charge is 0.467 e. The van der Waals surface area contributed by atoms with Crippen molar-refractivity contribution < 1.29 is 32.3 Å². The van der Waals surface area contributed by atoms with E-state index in [1.807, 2.05) is 42.5 Å². The molecule has 1 atom stereocenters. The van der Waals surface area contributed by atoms with Crippen LogP contribution in [0.2, 0.25) is 0 Å². The van der Waals surface area contributed by atoms with E-state index < -0.39 is 35.3 Å². The molecule has 10 heteroatoms. The number of ether oxygens (including phenoxy) is 1. The Morgan fingerprint density at radius 1 is 0.864 bits per heavy atom. The molecule has 6 rings (SSSR count). The summed E-state index contributed by atoms with van der Waals surface area (Å²) in [5, 5.41) is 2.96. The molecular weight excluding hydrogens is 573 g/mol. The van der Waals surface area contributed by atoms with E-state index >= 15 is 0 Å². The van der Waals surface area contributed by atoms with Crippen LogP contribution in [0.5, 0.6) is 0 Å². The Balaban J connectivity index is 1.60. The highest BCUT2D eigenvalue weighted by atomic mass is 19.4. The Labute approximate surface area is 249 Å². The van der Waals surface area contributed by atoms with Crippen molar-refractivity contribution in [1.29, 1.82) is 0 Å². The third-order valence-electron chi connectivity index (χ3n) is 7.61. The fraction of sp³-hybridized carbons (Fsp3) is 0.147. The fourth-order valence-corrected chi connectivity index (χ4v) is 5.61. The molecule has 2 heterocycles. The van der Waals surface area contributed by atoms with Crippen molar-refractivity contribution in [3.05, 3.63) is 136 Å². The third-order valence-corrected chi connectivity index (χ3v) is 7.61. The molecule has 1 unspecified atom stereocenters.